The Morgan fingerprint density at radius 3 is 1.59 bits per heavy atom. The summed E-state index contributed by atoms with van der Waals surface area (Å²) in [5.74, 6) is -0.671. The van der Waals surface area contributed by atoms with Crippen molar-refractivity contribution in [2.45, 2.75) is 35.8 Å². The summed E-state index contributed by atoms with van der Waals surface area (Å²) < 4.78 is 0. The van der Waals surface area contributed by atoms with Crippen molar-refractivity contribution in [2.75, 3.05) is 0 Å². The minimum absolute atomic E-state index is 0.267. The molecule has 0 aliphatic heterocycles. The van der Waals surface area contributed by atoms with Crippen LogP contribution in [0.1, 0.15) is 34.4 Å². The van der Waals surface area contributed by atoms with Gasteiger partial charge in [-0.1, -0.05) is 12.1 Å². The molecule has 0 bridgehead atoms. The Labute approximate surface area is 133 Å². The molecule has 8 heteroatoms. The van der Waals surface area contributed by atoms with Gasteiger partial charge in [0.2, 0.25) is 0 Å². The van der Waals surface area contributed by atoms with Crippen LogP contribution >= 0.6 is 22.7 Å². The molecular formula is C14H12N2O4S2. The smallest absolute Gasteiger partial charge is 0.264 e. The highest BCUT2D eigenvalue weighted by atomic mass is 32.1. The van der Waals surface area contributed by atoms with Crippen molar-refractivity contribution in [2.24, 2.45) is 0 Å². The van der Waals surface area contributed by atoms with Crippen LogP contribution in [0.15, 0.2) is 35.0 Å². The van der Waals surface area contributed by atoms with Crippen LogP contribution in [0.5, 0.6) is 0 Å². The van der Waals surface area contributed by atoms with Gasteiger partial charge in [-0.05, 0) is 22.9 Å². The van der Waals surface area contributed by atoms with E-state index in [0.29, 0.717) is 0 Å². The van der Waals surface area contributed by atoms with Crippen LogP contribution in [0.25, 0.3) is 0 Å². The molecule has 0 radical (unpaired) electrons. The van der Waals surface area contributed by atoms with Gasteiger partial charge in [0.25, 0.3) is 11.1 Å². The Morgan fingerprint density at radius 2 is 1.32 bits per heavy atom. The van der Waals surface area contributed by atoms with Crippen molar-refractivity contribution >= 4 is 22.7 Å². The normalized spacial score (nSPS) is 36.0. The first-order valence-corrected chi connectivity index (χ1v) is 8.66. The van der Waals surface area contributed by atoms with Gasteiger partial charge >= 0.3 is 0 Å². The molecule has 0 saturated heterocycles. The molecule has 4 atom stereocenters. The predicted molar refractivity (Wildman–Crippen MR) is 82.8 cm³/mol. The summed E-state index contributed by atoms with van der Waals surface area (Å²) in [5, 5.41) is 27.3. The molecule has 6 nitrogen and oxygen atoms in total. The summed E-state index contributed by atoms with van der Waals surface area (Å²) in [6.07, 6.45) is 0.534. The van der Waals surface area contributed by atoms with E-state index in [4.69, 9.17) is 0 Å². The predicted octanol–water partition coefficient (Wildman–Crippen LogP) is 3.52. The van der Waals surface area contributed by atoms with Crippen LogP contribution in [-0.4, -0.2) is 20.9 Å². The zero-order chi connectivity index (χ0) is 15.5. The van der Waals surface area contributed by atoms with Crippen molar-refractivity contribution in [1.29, 1.82) is 0 Å². The lowest BCUT2D eigenvalue weighted by atomic mass is 9.98. The van der Waals surface area contributed by atoms with Gasteiger partial charge in [0.1, 0.15) is 0 Å². The molecule has 2 aromatic heterocycles. The van der Waals surface area contributed by atoms with Crippen molar-refractivity contribution < 1.29 is 9.85 Å². The van der Waals surface area contributed by atoms with Crippen LogP contribution in [0.4, 0.5) is 0 Å². The number of hydrogen-bond acceptors (Lipinski definition) is 6. The van der Waals surface area contributed by atoms with Crippen LogP contribution in [0.2, 0.25) is 0 Å². The lowest BCUT2D eigenvalue weighted by molar-refractivity contribution is -0.644. The van der Waals surface area contributed by atoms with Gasteiger partial charge < -0.3 is 0 Å². The standard InChI is InChI=1S/C14H12N2O4S2/c17-15(18)13(7-9(13)11-3-1-5-21-11)14(16(19)20)8-10(14)12-4-2-6-22-12/h1-6,9-10H,7-8H2/t9-,10-,13-,14-/m1/s1. The second-order valence-electron chi connectivity index (χ2n) is 5.91. The van der Waals surface area contributed by atoms with Gasteiger partial charge in [-0.3, -0.25) is 20.2 Å². The van der Waals surface area contributed by atoms with E-state index in [0.717, 1.165) is 9.75 Å². The molecule has 114 valence electrons. The third-order valence-corrected chi connectivity index (χ3v) is 7.01. The van der Waals surface area contributed by atoms with Gasteiger partial charge in [0, 0.05) is 32.4 Å². The molecule has 0 aromatic carbocycles. The van der Waals surface area contributed by atoms with E-state index >= 15 is 0 Å². The fourth-order valence-corrected chi connectivity index (χ4v) is 5.66. The van der Waals surface area contributed by atoms with Crippen LogP contribution in [-0.2, 0) is 0 Å². The summed E-state index contributed by atoms with van der Waals surface area (Å²) in [5.41, 5.74) is -2.90. The monoisotopic (exact) mass is 336 g/mol. The Kier molecular flexibility index (Phi) is 2.74. The van der Waals surface area contributed by atoms with Crippen LogP contribution < -0.4 is 0 Å². The third kappa shape index (κ3) is 1.54. The molecule has 0 N–H and O–H groups in total. The van der Waals surface area contributed by atoms with Gasteiger partial charge in [-0.2, -0.15) is 0 Å². The summed E-state index contributed by atoms with van der Waals surface area (Å²) in [6.45, 7) is 0. The van der Waals surface area contributed by atoms with E-state index in [1.807, 2.05) is 35.0 Å². The molecule has 2 aliphatic carbocycles. The molecule has 0 unspecified atom stereocenters. The fourth-order valence-electron chi connectivity index (χ4n) is 3.83. The zero-order valence-corrected chi connectivity index (χ0v) is 13.0. The first kappa shape index (κ1) is 13.8. The van der Waals surface area contributed by atoms with Crippen molar-refractivity contribution in [3.8, 4) is 0 Å². The first-order valence-electron chi connectivity index (χ1n) is 6.90. The third-order valence-electron chi connectivity index (χ3n) is 5.04. The first-order chi connectivity index (χ1) is 10.5. The summed E-state index contributed by atoms with van der Waals surface area (Å²) >= 11 is 2.89. The maximum absolute atomic E-state index is 11.8. The molecule has 2 aliphatic rings. The van der Waals surface area contributed by atoms with Crippen LogP contribution in [0.3, 0.4) is 0 Å². The minimum atomic E-state index is -1.45. The number of thiophene rings is 2. The van der Waals surface area contributed by atoms with Gasteiger partial charge in [-0.15, -0.1) is 22.7 Å². The van der Waals surface area contributed by atoms with E-state index in [2.05, 4.69) is 0 Å². The second kappa shape index (κ2) is 4.36. The topological polar surface area (TPSA) is 86.3 Å². The zero-order valence-electron chi connectivity index (χ0n) is 11.4. The van der Waals surface area contributed by atoms with Crippen molar-refractivity contribution in [3.05, 3.63) is 65.0 Å². The molecule has 2 heterocycles. The van der Waals surface area contributed by atoms with E-state index in [1.165, 1.54) is 22.7 Å². The highest BCUT2D eigenvalue weighted by Gasteiger charge is 2.93. The molecule has 2 saturated carbocycles. The molecule has 4 rings (SSSR count). The fraction of sp³-hybridized carbons (Fsp3) is 0.429. The maximum atomic E-state index is 11.8. The van der Waals surface area contributed by atoms with E-state index in [9.17, 15) is 20.2 Å². The van der Waals surface area contributed by atoms with E-state index < -0.39 is 11.1 Å². The largest absolute Gasteiger partial charge is 0.299 e. The highest BCUT2D eigenvalue weighted by molar-refractivity contribution is 7.10. The number of rotatable bonds is 5. The van der Waals surface area contributed by atoms with Crippen molar-refractivity contribution in [3.63, 3.8) is 0 Å². The lowest BCUT2D eigenvalue weighted by Crippen LogP contribution is -2.46. The Hall–Kier alpha value is -1.80. The Morgan fingerprint density at radius 1 is 0.909 bits per heavy atom. The average Bonchev–Trinajstić information content (AvgIpc) is 3.24. The molecular weight excluding hydrogens is 324 g/mol. The summed E-state index contributed by atoms with van der Waals surface area (Å²) in [4.78, 5) is 24.6. The molecule has 0 spiro atoms. The second-order valence-corrected chi connectivity index (χ2v) is 7.87. The SMILES string of the molecule is O=[N+]([O-])[C@]1([C@@]2([N+](=O)[O-])C[C@@H]2c2cccs2)C[C@@H]1c1cccs1. The molecule has 2 fully saturated rings. The maximum Gasteiger partial charge on any atom is 0.299 e. The quantitative estimate of drug-likeness (QED) is 0.617. The Balaban J connectivity index is 1.77. The molecule has 22 heavy (non-hydrogen) atoms. The summed E-state index contributed by atoms with van der Waals surface area (Å²) in [7, 11) is 0. The number of nitro groups is 2. The Bertz CT molecular complexity index is 681. The molecule has 0 amide bonds. The van der Waals surface area contributed by atoms with Crippen LogP contribution in [0, 0.1) is 20.2 Å². The molecule has 2 aromatic rings. The number of nitrogens with zero attached hydrogens (tertiary/aromatic N) is 2. The van der Waals surface area contributed by atoms with Gasteiger partial charge in [-0.25, -0.2) is 0 Å². The van der Waals surface area contributed by atoms with Crippen molar-refractivity contribution in [1.82, 2.24) is 0 Å². The van der Waals surface area contributed by atoms with E-state index in [-0.39, 0.29) is 34.5 Å². The lowest BCUT2D eigenvalue weighted by Gasteiger charge is -2.15. The number of hydrogen-bond donors (Lipinski definition) is 0. The van der Waals surface area contributed by atoms with E-state index in [1.54, 1.807) is 0 Å². The average molecular weight is 336 g/mol. The van der Waals surface area contributed by atoms with Gasteiger partial charge in [0.15, 0.2) is 0 Å². The van der Waals surface area contributed by atoms with Gasteiger partial charge in [0.05, 0.1) is 11.8 Å². The highest BCUT2D eigenvalue weighted by Crippen LogP contribution is 2.73. The minimum Gasteiger partial charge on any atom is -0.264 e. The summed E-state index contributed by atoms with van der Waals surface area (Å²) in [6, 6.07) is 7.37.